The van der Waals surface area contributed by atoms with E-state index >= 15 is 0 Å². The largest absolute Gasteiger partial charge is 0.462 e. The van der Waals surface area contributed by atoms with Crippen LogP contribution in [0.4, 0.5) is 8.78 Å². The molecule has 0 radical (unpaired) electrons. The van der Waals surface area contributed by atoms with E-state index in [0.717, 1.165) is 25.3 Å². The molecule has 0 N–H and O–H groups in total. The number of halogens is 2. The zero-order valence-electron chi connectivity index (χ0n) is 13.2. The van der Waals surface area contributed by atoms with Gasteiger partial charge in [-0.3, -0.25) is 4.79 Å². The molecule has 2 fully saturated rings. The van der Waals surface area contributed by atoms with Crippen LogP contribution in [0.15, 0.2) is 12.7 Å². The van der Waals surface area contributed by atoms with Crippen LogP contribution in [-0.4, -0.2) is 43.1 Å². The molecule has 2 aliphatic carbocycles. The summed E-state index contributed by atoms with van der Waals surface area (Å²) >= 11 is 0. The van der Waals surface area contributed by atoms with Gasteiger partial charge < -0.3 is 14.2 Å². The Morgan fingerprint density at radius 1 is 1.12 bits per heavy atom. The highest BCUT2D eigenvalue weighted by molar-refractivity contribution is 5.84. The lowest BCUT2D eigenvalue weighted by Gasteiger charge is -2.23. The van der Waals surface area contributed by atoms with E-state index < -0.39 is 36.9 Å². The highest BCUT2D eigenvalue weighted by Gasteiger charge is 2.46. The van der Waals surface area contributed by atoms with Gasteiger partial charge in [0.05, 0.1) is 0 Å². The normalized spacial score (nSPS) is 25.2. The molecule has 2 bridgehead atoms. The fourth-order valence-electron chi connectivity index (χ4n) is 3.24. The maximum Gasteiger partial charge on any atom is 0.377 e. The third kappa shape index (κ3) is 4.75. The standard InChI is InChI=1S/C16H20F2O6/c1-2-13(19)22-5-6-23-15(21)16(17,18)9-14(20)24-12-8-10-3-4-11(12)7-10/h2,10-12H,1,3-9H2. The van der Waals surface area contributed by atoms with E-state index in [9.17, 15) is 23.2 Å². The molecule has 0 aromatic heterocycles. The minimum absolute atomic E-state index is 0.249. The number of hydrogen-bond donors (Lipinski definition) is 0. The van der Waals surface area contributed by atoms with Crippen molar-refractivity contribution in [1.82, 2.24) is 0 Å². The first-order valence-electron chi connectivity index (χ1n) is 7.85. The van der Waals surface area contributed by atoms with Gasteiger partial charge in [-0.15, -0.1) is 0 Å². The van der Waals surface area contributed by atoms with Crippen molar-refractivity contribution in [2.24, 2.45) is 11.8 Å². The molecule has 0 aromatic carbocycles. The second-order valence-electron chi connectivity index (χ2n) is 6.09. The summed E-state index contributed by atoms with van der Waals surface area (Å²) < 4.78 is 41.3. The van der Waals surface area contributed by atoms with E-state index in [4.69, 9.17) is 4.74 Å². The maximum atomic E-state index is 13.7. The molecule has 8 heteroatoms. The molecule has 6 nitrogen and oxygen atoms in total. The van der Waals surface area contributed by atoms with Crippen LogP contribution in [0.1, 0.15) is 32.1 Å². The Balaban J connectivity index is 1.70. The van der Waals surface area contributed by atoms with Crippen LogP contribution in [0, 0.1) is 11.8 Å². The highest BCUT2D eigenvalue weighted by atomic mass is 19.3. The molecule has 0 aliphatic heterocycles. The van der Waals surface area contributed by atoms with Crippen molar-refractivity contribution in [1.29, 1.82) is 0 Å². The first-order chi connectivity index (χ1) is 11.3. The second kappa shape index (κ2) is 7.72. The Morgan fingerprint density at radius 3 is 2.42 bits per heavy atom. The van der Waals surface area contributed by atoms with E-state index in [1.807, 2.05) is 0 Å². The Labute approximate surface area is 138 Å². The SMILES string of the molecule is C=CC(=O)OCCOC(=O)C(F)(F)CC(=O)OC1CC2CCC1C2. The molecule has 3 unspecified atom stereocenters. The number of carbonyl (C=O) groups excluding carboxylic acids is 3. The average Bonchev–Trinajstić information content (AvgIpc) is 3.12. The average molecular weight is 346 g/mol. The minimum atomic E-state index is -3.98. The van der Waals surface area contributed by atoms with Gasteiger partial charge in [-0.05, 0) is 37.5 Å². The van der Waals surface area contributed by atoms with Crippen molar-refractivity contribution >= 4 is 17.9 Å². The van der Waals surface area contributed by atoms with Gasteiger partial charge in [0, 0.05) is 6.08 Å². The molecule has 2 rings (SSSR count). The minimum Gasteiger partial charge on any atom is -0.462 e. The molecule has 24 heavy (non-hydrogen) atoms. The van der Waals surface area contributed by atoms with Crippen LogP contribution in [0.25, 0.3) is 0 Å². The fourth-order valence-corrected chi connectivity index (χ4v) is 3.24. The highest BCUT2D eigenvalue weighted by Crippen LogP contribution is 2.46. The van der Waals surface area contributed by atoms with Crippen LogP contribution in [0.5, 0.6) is 0 Å². The van der Waals surface area contributed by atoms with Crippen molar-refractivity contribution in [3.8, 4) is 0 Å². The number of alkyl halides is 2. The third-order valence-electron chi connectivity index (χ3n) is 4.35. The summed E-state index contributed by atoms with van der Waals surface area (Å²) in [5, 5.41) is 0. The van der Waals surface area contributed by atoms with Crippen LogP contribution in [0.3, 0.4) is 0 Å². The van der Waals surface area contributed by atoms with Gasteiger partial charge in [-0.25, -0.2) is 9.59 Å². The van der Waals surface area contributed by atoms with Gasteiger partial charge in [0.2, 0.25) is 0 Å². The molecule has 2 saturated carbocycles. The fraction of sp³-hybridized carbons (Fsp3) is 0.688. The van der Waals surface area contributed by atoms with E-state index in [1.165, 1.54) is 0 Å². The van der Waals surface area contributed by atoms with Crippen LogP contribution in [-0.2, 0) is 28.6 Å². The molecule has 0 aromatic rings. The summed E-state index contributed by atoms with van der Waals surface area (Å²) in [4.78, 5) is 33.7. The van der Waals surface area contributed by atoms with E-state index in [2.05, 4.69) is 16.1 Å². The lowest BCUT2D eigenvalue weighted by molar-refractivity contribution is -0.182. The number of fused-ring (bicyclic) bond motifs is 2. The van der Waals surface area contributed by atoms with Crippen LogP contribution >= 0.6 is 0 Å². The van der Waals surface area contributed by atoms with Gasteiger partial charge in [-0.1, -0.05) is 6.58 Å². The number of rotatable bonds is 8. The van der Waals surface area contributed by atoms with Gasteiger partial charge in [0.25, 0.3) is 0 Å². The molecule has 0 amide bonds. The summed E-state index contributed by atoms with van der Waals surface area (Å²) in [7, 11) is 0. The second-order valence-corrected chi connectivity index (χ2v) is 6.09. The van der Waals surface area contributed by atoms with E-state index in [0.29, 0.717) is 12.3 Å². The Kier molecular flexibility index (Phi) is 5.90. The van der Waals surface area contributed by atoms with Crippen molar-refractivity contribution < 1.29 is 37.4 Å². The van der Waals surface area contributed by atoms with E-state index in [-0.39, 0.29) is 18.6 Å². The molecule has 2 aliphatic rings. The summed E-state index contributed by atoms with van der Waals surface area (Å²) in [5.74, 6) is -6.92. The summed E-state index contributed by atoms with van der Waals surface area (Å²) in [6.45, 7) is 2.24. The van der Waals surface area contributed by atoms with Crippen molar-refractivity contribution in [2.45, 2.75) is 44.1 Å². The zero-order chi connectivity index (χ0) is 17.7. The molecular weight excluding hydrogens is 326 g/mol. The molecular formula is C16H20F2O6. The summed E-state index contributed by atoms with van der Waals surface area (Å²) in [6.07, 6.45) is 2.94. The third-order valence-corrected chi connectivity index (χ3v) is 4.35. The molecule has 0 saturated heterocycles. The molecule has 3 atom stereocenters. The molecule has 0 spiro atoms. The summed E-state index contributed by atoms with van der Waals surface area (Å²) in [6, 6.07) is 0. The first-order valence-corrected chi connectivity index (χ1v) is 7.85. The monoisotopic (exact) mass is 346 g/mol. The number of esters is 3. The number of carbonyl (C=O) groups is 3. The first kappa shape index (κ1) is 18.4. The predicted octanol–water partition coefficient (Wildman–Crippen LogP) is 2.02. The summed E-state index contributed by atoms with van der Waals surface area (Å²) in [5.41, 5.74) is 0. The van der Waals surface area contributed by atoms with Gasteiger partial charge >= 0.3 is 23.8 Å². The van der Waals surface area contributed by atoms with E-state index in [1.54, 1.807) is 0 Å². The number of ether oxygens (including phenoxy) is 3. The molecule has 134 valence electrons. The van der Waals surface area contributed by atoms with Crippen molar-refractivity contribution in [2.75, 3.05) is 13.2 Å². The van der Waals surface area contributed by atoms with Gasteiger partial charge in [-0.2, -0.15) is 8.78 Å². The topological polar surface area (TPSA) is 78.9 Å². The van der Waals surface area contributed by atoms with Crippen molar-refractivity contribution in [3.63, 3.8) is 0 Å². The van der Waals surface area contributed by atoms with Crippen LogP contribution in [0.2, 0.25) is 0 Å². The van der Waals surface area contributed by atoms with Gasteiger partial charge in [0.1, 0.15) is 25.7 Å². The predicted molar refractivity (Wildman–Crippen MR) is 77.0 cm³/mol. The zero-order valence-corrected chi connectivity index (χ0v) is 13.2. The Morgan fingerprint density at radius 2 is 1.83 bits per heavy atom. The maximum absolute atomic E-state index is 13.7. The van der Waals surface area contributed by atoms with Crippen LogP contribution < -0.4 is 0 Å². The quantitative estimate of drug-likeness (QED) is 0.290. The Bertz CT molecular complexity index is 519. The van der Waals surface area contributed by atoms with Gasteiger partial charge in [0.15, 0.2) is 0 Å². The smallest absolute Gasteiger partial charge is 0.377 e. The number of hydrogen-bond acceptors (Lipinski definition) is 6. The molecule has 0 heterocycles. The lowest BCUT2D eigenvalue weighted by Crippen LogP contribution is -2.36. The Hall–Kier alpha value is -1.99. The van der Waals surface area contributed by atoms with Crippen molar-refractivity contribution in [3.05, 3.63) is 12.7 Å². The lowest BCUT2D eigenvalue weighted by atomic mass is 9.98.